The Labute approximate surface area is 169 Å². The Balaban J connectivity index is 1.85. The fraction of sp³-hybridized carbons (Fsp3) is 0.304. The summed E-state index contributed by atoms with van der Waals surface area (Å²) in [7, 11) is 1.66. The minimum Gasteiger partial charge on any atom is -0.497 e. The van der Waals surface area contributed by atoms with Crippen LogP contribution in [0, 0.1) is 0 Å². The van der Waals surface area contributed by atoms with Gasteiger partial charge in [-0.25, -0.2) is 0 Å². The Morgan fingerprint density at radius 3 is 2.39 bits per heavy atom. The van der Waals surface area contributed by atoms with Gasteiger partial charge in [-0.15, -0.1) is 0 Å². The molecule has 0 saturated heterocycles. The molecule has 5 heteroatoms. The van der Waals surface area contributed by atoms with E-state index in [0.29, 0.717) is 13.0 Å². The highest BCUT2D eigenvalue weighted by atomic mass is 32.2. The van der Waals surface area contributed by atoms with Crippen molar-refractivity contribution < 1.29 is 9.53 Å². The average molecular weight is 396 g/mol. The minimum atomic E-state index is -0.461. The number of nitrogens with zero attached hydrogens (tertiary/aromatic N) is 1. The van der Waals surface area contributed by atoms with Crippen molar-refractivity contribution in [2.75, 3.05) is 13.4 Å². The second-order valence-electron chi connectivity index (χ2n) is 7.12. The van der Waals surface area contributed by atoms with Crippen molar-refractivity contribution in [2.24, 2.45) is 0 Å². The molecule has 0 spiro atoms. The van der Waals surface area contributed by atoms with Gasteiger partial charge in [-0.2, -0.15) is 11.8 Å². The van der Waals surface area contributed by atoms with Crippen LogP contribution in [0.3, 0.4) is 0 Å². The van der Waals surface area contributed by atoms with E-state index in [9.17, 15) is 9.59 Å². The summed E-state index contributed by atoms with van der Waals surface area (Å²) in [4.78, 5) is 24.5. The van der Waals surface area contributed by atoms with Crippen LogP contribution in [-0.4, -0.2) is 28.5 Å². The maximum Gasteiger partial charge on any atom is 0.251 e. The van der Waals surface area contributed by atoms with Crippen molar-refractivity contribution >= 4 is 28.3 Å². The Hall–Kier alpha value is -2.53. The molecule has 4 nitrogen and oxygen atoms in total. The number of fused-ring (bicyclic) bond motifs is 1. The van der Waals surface area contributed by atoms with Crippen molar-refractivity contribution in [1.29, 1.82) is 0 Å². The summed E-state index contributed by atoms with van der Waals surface area (Å²) >= 11 is 1.54. The minimum absolute atomic E-state index is 0.0562. The van der Waals surface area contributed by atoms with Crippen LogP contribution in [0.5, 0.6) is 5.75 Å². The summed E-state index contributed by atoms with van der Waals surface area (Å²) in [6.07, 6.45) is 4.37. The summed E-state index contributed by atoms with van der Waals surface area (Å²) in [5.74, 6) is 0.961. The summed E-state index contributed by atoms with van der Waals surface area (Å²) in [5.41, 5.74) is 1.83. The van der Waals surface area contributed by atoms with Gasteiger partial charge < -0.3 is 9.30 Å². The molecule has 3 rings (SSSR count). The number of ether oxygens (including phenoxy) is 1. The molecule has 146 valence electrons. The van der Waals surface area contributed by atoms with Crippen molar-refractivity contribution in [2.45, 2.75) is 31.6 Å². The Bertz CT molecular complexity index is 1070. The van der Waals surface area contributed by atoms with E-state index in [1.165, 1.54) is 11.8 Å². The van der Waals surface area contributed by atoms with Crippen LogP contribution in [0.4, 0.5) is 0 Å². The number of ketones is 1. The first-order chi connectivity index (χ1) is 13.4. The van der Waals surface area contributed by atoms with Gasteiger partial charge in [-0.3, -0.25) is 9.59 Å². The second kappa shape index (κ2) is 8.23. The molecule has 0 saturated carbocycles. The van der Waals surface area contributed by atoms with Crippen LogP contribution in [0.15, 0.2) is 59.5 Å². The zero-order chi connectivity index (χ0) is 20.3. The molecule has 1 heterocycles. The number of hydrogen-bond donors (Lipinski definition) is 0. The van der Waals surface area contributed by atoms with Gasteiger partial charge in [0.05, 0.1) is 11.9 Å². The monoisotopic (exact) mass is 395 g/mol. The first-order valence-electron chi connectivity index (χ1n) is 9.21. The van der Waals surface area contributed by atoms with Crippen molar-refractivity contribution in [1.82, 2.24) is 4.57 Å². The number of aryl methyl sites for hydroxylation is 1. The number of carbonyl (C=O) groups excluding carboxylic acids is 1. The standard InChI is InChI=1S/C23H25NO3S/c1-16(25)23(2,28-4)10-12-24-11-9-20(15-22(24)26)17-5-6-19-14-21(27-3)8-7-18(19)13-17/h5-9,11,13-15H,10,12H2,1-4H3. The molecule has 0 fully saturated rings. The number of Topliss-reactive ketones (excluding diaryl/α,β-unsaturated/α-hetero) is 1. The fourth-order valence-corrected chi connectivity index (χ4v) is 3.74. The van der Waals surface area contributed by atoms with Crippen LogP contribution >= 0.6 is 11.8 Å². The van der Waals surface area contributed by atoms with Gasteiger partial charge in [-0.1, -0.05) is 18.2 Å². The number of methoxy groups -OCH3 is 1. The Morgan fingerprint density at radius 1 is 1.07 bits per heavy atom. The quantitative estimate of drug-likeness (QED) is 0.578. The number of carbonyl (C=O) groups is 1. The highest BCUT2D eigenvalue weighted by molar-refractivity contribution is 8.00. The molecule has 0 bridgehead atoms. The summed E-state index contributed by atoms with van der Waals surface area (Å²) in [5, 5.41) is 2.19. The van der Waals surface area contributed by atoms with Gasteiger partial charge >= 0.3 is 0 Å². The molecule has 0 aliphatic rings. The van der Waals surface area contributed by atoms with E-state index >= 15 is 0 Å². The molecule has 1 atom stereocenters. The second-order valence-corrected chi connectivity index (χ2v) is 8.43. The highest BCUT2D eigenvalue weighted by Crippen LogP contribution is 2.28. The predicted molar refractivity (Wildman–Crippen MR) is 117 cm³/mol. The van der Waals surface area contributed by atoms with E-state index in [0.717, 1.165) is 27.6 Å². The normalized spacial score (nSPS) is 13.3. The Morgan fingerprint density at radius 2 is 1.75 bits per heavy atom. The molecule has 28 heavy (non-hydrogen) atoms. The number of pyridine rings is 1. The van der Waals surface area contributed by atoms with E-state index in [2.05, 4.69) is 6.07 Å². The highest BCUT2D eigenvalue weighted by Gasteiger charge is 2.28. The van der Waals surface area contributed by atoms with Crippen molar-refractivity contribution in [3.05, 3.63) is 65.1 Å². The number of thioether (sulfide) groups is 1. The zero-order valence-corrected chi connectivity index (χ0v) is 17.5. The van der Waals surface area contributed by atoms with Crippen LogP contribution in [-0.2, 0) is 11.3 Å². The fourth-order valence-electron chi connectivity index (χ4n) is 3.16. The molecular weight excluding hydrogens is 370 g/mol. The van der Waals surface area contributed by atoms with Gasteiger partial charge in [0, 0.05) is 18.8 Å². The van der Waals surface area contributed by atoms with E-state index < -0.39 is 4.75 Å². The van der Waals surface area contributed by atoms with Crippen molar-refractivity contribution in [3.8, 4) is 16.9 Å². The van der Waals surface area contributed by atoms with Gasteiger partial charge in [0.25, 0.3) is 5.56 Å². The number of aromatic nitrogens is 1. The molecule has 0 radical (unpaired) electrons. The van der Waals surface area contributed by atoms with E-state index in [-0.39, 0.29) is 11.3 Å². The summed E-state index contributed by atoms with van der Waals surface area (Å²) < 4.78 is 6.48. The third-order valence-electron chi connectivity index (χ3n) is 5.40. The van der Waals surface area contributed by atoms with Gasteiger partial charge in [-0.05, 0) is 72.7 Å². The van der Waals surface area contributed by atoms with Crippen molar-refractivity contribution in [3.63, 3.8) is 0 Å². The largest absolute Gasteiger partial charge is 0.497 e. The van der Waals surface area contributed by atoms with Crippen LogP contribution in [0.2, 0.25) is 0 Å². The third kappa shape index (κ3) is 4.14. The summed E-state index contributed by atoms with van der Waals surface area (Å²) in [6.45, 7) is 4.06. The molecule has 0 N–H and O–H groups in total. The molecule has 0 aliphatic carbocycles. The molecule has 1 unspecified atom stereocenters. The Kier molecular flexibility index (Phi) is 5.94. The summed E-state index contributed by atoms with van der Waals surface area (Å²) in [6, 6.07) is 15.7. The smallest absolute Gasteiger partial charge is 0.251 e. The molecule has 0 aliphatic heterocycles. The van der Waals surface area contributed by atoms with Gasteiger partial charge in [0.2, 0.25) is 0 Å². The van der Waals surface area contributed by atoms with Crippen LogP contribution < -0.4 is 10.3 Å². The van der Waals surface area contributed by atoms with Gasteiger partial charge in [0.1, 0.15) is 11.5 Å². The van der Waals surface area contributed by atoms with E-state index in [1.54, 1.807) is 24.7 Å². The maximum absolute atomic E-state index is 12.6. The SMILES string of the molecule is COc1ccc2cc(-c3ccn(CCC(C)(SC)C(C)=O)c(=O)c3)ccc2c1. The molecule has 1 aromatic heterocycles. The first kappa shape index (κ1) is 20.2. The molecule has 2 aromatic carbocycles. The number of hydrogen-bond acceptors (Lipinski definition) is 4. The van der Waals surface area contributed by atoms with E-state index in [4.69, 9.17) is 4.74 Å². The van der Waals surface area contributed by atoms with Crippen LogP contribution in [0.1, 0.15) is 20.3 Å². The predicted octanol–water partition coefficient (Wildman–Crippen LogP) is 4.78. The lowest BCUT2D eigenvalue weighted by atomic mass is 10.0. The topological polar surface area (TPSA) is 48.3 Å². The molecule has 3 aromatic rings. The lowest BCUT2D eigenvalue weighted by molar-refractivity contribution is -0.119. The molecular formula is C23H25NO3S. The third-order valence-corrected chi connectivity index (χ3v) is 6.79. The average Bonchev–Trinajstić information content (AvgIpc) is 2.71. The first-order valence-corrected chi connectivity index (χ1v) is 10.4. The lowest BCUT2D eigenvalue weighted by Crippen LogP contribution is -2.32. The van der Waals surface area contributed by atoms with Gasteiger partial charge in [0.15, 0.2) is 0 Å². The zero-order valence-electron chi connectivity index (χ0n) is 16.7. The molecule has 0 amide bonds. The number of rotatable bonds is 7. The lowest BCUT2D eigenvalue weighted by Gasteiger charge is -2.24. The number of benzene rings is 2. The van der Waals surface area contributed by atoms with E-state index in [1.807, 2.05) is 55.8 Å². The van der Waals surface area contributed by atoms with Crippen LogP contribution in [0.25, 0.3) is 21.9 Å². The maximum atomic E-state index is 12.6.